The number of pyridine rings is 1. The zero-order chi connectivity index (χ0) is 20.6. The number of aryl methyl sites for hydroxylation is 1. The zero-order valence-corrected chi connectivity index (χ0v) is 17.0. The highest BCUT2D eigenvalue weighted by atomic mass is 35.5. The van der Waals surface area contributed by atoms with Crippen molar-refractivity contribution in [2.75, 3.05) is 29.4 Å². The monoisotopic (exact) mass is 414 g/mol. The first-order valence-corrected chi connectivity index (χ1v) is 10.0. The summed E-state index contributed by atoms with van der Waals surface area (Å²) in [7, 11) is 0. The summed E-state index contributed by atoms with van der Waals surface area (Å²) >= 11 is 6.33. The van der Waals surface area contributed by atoms with Gasteiger partial charge in [0.1, 0.15) is 5.82 Å². The fraction of sp³-hybridized carbons (Fsp3) is 0.381. The molecule has 2 aliphatic rings. The number of piperidine rings is 1. The van der Waals surface area contributed by atoms with E-state index < -0.39 is 11.5 Å². The van der Waals surface area contributed by atoms with Gasteiger partial charge in [0.05, 0.1) is 21.8 Å². The van der Waals surface area contributed by atoms with Crippen molar-refractivity contribution in [1.29, 1.82) is 0 Å². The van der Waals surface area contributed by atoms with Crippen LogP contribution in [-0.4, -0.2) is 36.6 Å². The summed E-state index contributed by atoms with van der Waals surface area (Å²) in [5, 5.41) is 0.591. The lowest BCUT2D eigenvalue weighted by Crippen LogP contribution is -2.48. The second-order valence-corrected chi connectivity index (χ2v) is 8.04. The number of hydrogen-bond donors (Lipinski definition) is 1. The molecular formula is C21H23ClN4O3. The third-order valence-electron chi connectivity index (χ3n) is 5.79. The van der Waals surface area contributed by atoms with Crippen molar-refractivity contribution < 1.29 is 14.3 Å². The molecule has 0 unspecified atom stereocenters. The molecule has 1 spiro atoms. The standard InChI is InChI=1S/C21H23ClN4O3/c1-14-17(29-20(23)28)7-8-18(24-14)25-11-4-9-21(13-25)10-12-26(19(21)27)16-6-3-2-5-15(16)22/h2-3,5-8H,4,9-13H2,1H3,(H2,23,28)/t21-/m1/s1. The molecule has 8 heteroatoms. The molecule has 2 amide bonds. The average Bonchev–Trinajstić information content (AvgIpc) is 2.99. The minimum absolute atomic E-state index is 0.126. The fourth-order valence-electron chi connectivity index (χ4n) is 4.35. The Labute approximate surface area is 174 Å². The average molecular weight is 415 g/mol. The van der Waals surface area contributed by atoms with Gasteiger partial charge in [0.25, 0.3) is 0 Å². The van der Waals surface area contributed by atoms with Crippen LogP contribution in [0.5, 0.6) is 5.75 Å². The van der Waals surface area contributed by atoms with E-state index >= 15 is 0 Å². The Bertz CT molecular complexity index is 967. The van der Waals surface area contributed by atoms with Gasteiger partial charge in [-0.25, -0.2) is 9.78 Å². The van der Waals surface area contributed by atoms with E-state index in [0.717, 1.165) is 37.3 Å². The molecule has 1 aromatic heterocycles. The Morgan fingerprint density at radius 1 is 1.21 bits per heavy atom. The van der Waals surface area contributed by atoms with Gasteiger partial charge in [-0.05, 0) is 50.5 Å². The number of aromatic nitrogens is 1. The van der Waals surface area contributed by atoms with Crippen LogP contribution in [0.4, 0.5) is 16.3 Å². The largest absolute Gasteiger partial charge is 0.410 e. The molecule has 0 radical (unpaired) electrons. The van der Waals surface area contributed by atoms with Crippen LogP contribution in [0.15, 0.2) is 36.4 Å². The third kappa shape index (κ3) is 3.62. The van der Waals surface area contributed by atoms with Crippen LogP contribution in [0.1, 0.15) is 25.0 Å². The second-order valence-electron chi connectivity index (χ2n) is 7.64. The Morgan fingerprint density at radius 3 is 2.72 bits per heavy atom. The van der Waals surface area contributed by atoms with E-state index in [1.54, 1.807) is 19.1 Å². The van der Waals surface area contributed by atoms with Crippen molar-refractivity contribution in [3.63, 3.8) is 0 Å². The third-order valence-corrected chi connectivity index (χ3v) is 6.11. The van der Waals surface area contributed by atoms with Crippen LogP contribution in [-0.2, 0) is 4.79 Å². The first-order chi connectivity index (χ1) is 13.9. The van der Waals surface area contributed by atoms with Crippen LogP contribution >= 0.6 is 11.6 Å². The number of nitrogens with zero attached hydrogens (tertiary/aromatic N) is 3. The molecule has 2 aliphatic heterocycles. The number of benzene rings is 1. The summed E-state index contributed by atoms with van der Waals surface area (Å²) in [5.74, 6) is 1.23. The maximum Gasteiger partial charge on any atom is 0.410 e. The van der Waals surface area contributed by atoms with Crippen molar-refractivity contribution in [2.45, 2.75) is 26.2 Å². The van der Waals surface area contributed by atoms with Crippen LogP contribution in [0.25, 0.3) is 0 Å². The predicted octanol–water partition coefficient (Wildman–Crippen LogP) is 3.52. The van der Waals surface area contributed by atoms with Crippen LogP contribution in [0.2, 0.25) is 5.02 Å². The zero-order valence-electron chi connectivity index (χ0n) is 16.2. The topological polar surface area (TPSA) is 88.8 Å². The molecule has 1 aromatic carbocycles. The normalized spacial score (nSPS) is 21.7. The van der Waals surface area contributed by atoms with Gasteiger partial charge in [-0.15, -0.1) is 0 Å². The minimum atomic E-state index is -0.865. The van der Waals surface area contributed by atoms with Crippen molar-refractivity contribution >= 4 is 35.1 Å². The molecule has 2 saturated heterocycles. The number of halogens is 1. The molecule has 0 aliphatic carbocycles. The van der Waals surface area contributed by atoms with Gasteiger partial charge in [-0.3, -0.25) is 4.79 Å². The Kier molecular flexibility index (Phi) is 5.08. The number of carbonyl (C=O) groups excluding carboxylic acids is 2. The fourth-order valence-corrected chi connectivity index (χ4v) is 4.59. The molecule has 2 aromatic rings. The molecule has 152 valence electrons. The predicted molar refractivity (Wildman–Crippen MR) is 111 cm³/mol. The Morgan fingerprint density at radius 2 is 2.00 bits per heavy atom. The number of amides is 2. The number of ether oxygens (including phenoxy) is 1. The summed E-state index contributed by atoms with van der Waals surface area (Å²) in [5.41, 5.74) is 6.01. The van der Waals surface area contributed by atoms with Gasteiger partial charge in [-0.1, -0.05) is 23.7 Å². The highest BCUT2D eigenvalue weighted by molar-refractivity contribution is 6.34. The van der Waals surface area contributed by atoms with Crippen LogP contribution in [0, 0.1) is 12.3 Å². The van der Waals surface area contributed by atoms with Crippen molar-refractivity contribution in [3.8, 4) is 5.75 Å². The number of primary amides is 1. The molecular weight excluding hydrogens is 392 g/mol. The summed E-state index contributed by atoms with van der Waals surface area (Å²) in [6, 6.07) is 11.0. The first-order valence-electron chi connectivity index (χ1n) is 9.66. The summed E-state index contributed by atoms with van der Waals surface area (Å²) in [6.45, 7) is 3.86. The minimum Gasteiger partial charge on any atom is -0.409 e. The SMILES string of the molecule is Cc1nc(N2CCC[C@@]3(CCN(c4ccccc4Cl)C3=O)C2)ccc1OC(N)=O. The van der Waals surface area contributed by atoms with Gasteiger partial charge in [0, 0.05) is 19.6 Å². The van der Waals surface area contributed by atoms with E-state index in [4.69, 9.17) is 22.1 Å². The lowest BCUT2D eigenvalue weighted by Gasteiger charge is -2.39. The quantitative estimate of drug-likeness (QED) is 0.829. The maximum atomic E-state index is 13.4. The lowest BCUT2D eigenvalue weighted by molar-refractivity contribution is -0.126. The lowest BCUT2D eigenvalue weighted by atomic mass is 9.78. The molecule has 2 fully saturated rings. The van der Waals surface area contributed by atoms with Gasteiger partial charge in [0.2, 0.25) is 5.91 Å². The van der Waals surface area contributed by atoms with E-state index in [9.17, 15) is 9.59 Å². The number of rotatable bonds is 3. The molecule has 0 saturated carbocycles. The van der Waals surface area contributed by atoms with Crippen LogP contribution in [0.3, 0.4) is 0 Å². The number of para-hydroxylation sites is 1. The molecule has 29 heavy (non-hydrogen) atoms. The Hall–Kier alpha value is -2.80. The van der Waals surface area contributed by atoms with E-state index in [-0.39, 0.29) is 5.91 Å². The maximum absolute atomic E-state index is 13.4. The van der Waals surface area contributed by atoms with Crippen molar-refractivity contribution in [2.24, 2.45) is 11.1 Å². The van der Waals surface area contributed by atoms with E-state index in [1.807, 2.05) is 29.2 Å². The molecule has 4 rings (SSSR count). The molecule has 0 bridgehead atoms. The highest BCUT2D eigenvalue weighted by Crippen LogP contribution is 2.44. The van der Waals surface area contributed by atoms with Crippen molar-refractivity contribution in [3.05, 3.63) is 47.1 Å². The summed E-state index contributed by atoms with van der Waals surface area (Å²) in [4.78, 5) is 32.9. The van der Waals surface area contributed by atoms with Gasteiger partial charge in [-0.2, -0.15) is 0 Å². The van der Waals surface area contributed by atoms with Gasteiger partial charge < -0.3 is 20.3 Å². The first kappa shape index (κ1) is 19.5. The second kappa shape index (κ2) is 7.55. The smallest absolute Gasteiger partial charge is 0.409 e. The van der Waals surface area contributed by atoms with Gasteiger partial charge >= 0.3 is 6.09 Å². The number of anilines is 2. The van der Waals surface area contributed by atoms with E-state index in [2.05, 4.69) is 9.88 Å². The van der Waals surface area contributed by atoms with Crippen molar-refractivity contribution in [1.82, 2.24) is 4.98 Å². The number of hydrogen-bond acceptors (Lipinski definition) is 5. The number of nitrogens with two attached hydrogens (primary N) is 1. The van der Waals surface area contributed by atoms with Gasteiger partial charge in [0.15, 0.2) is 5.75 Å². The van der Waals surface area contributed by atoms with Crippen LogP contribution < -0.4 is 20.3 Å². The number of carbonyl (C=O) groups is 2. The molecule has 2 N–H and O–H groups in total. The van der Waals surface area contributed by atoms with E-state index in [1.165, 1.54) is 0 Å². The van der Waals surface area contributed by atoms with E-state index in [0.29, 0.717) is 29.6 Å². The highest BCUT2D eigenvalue weighted by Gasteiger charge is 2.49. The molecule has 3 heterocycles. The Balaban J connectivity index is 1.56. The molecule has 7 nitrogen and oxygen atoms in total. The summed E-state index contributed by atoms with van der Waals surface area (Å²) in [6.07, 6.45) is 1.68. The molecule has 1 atom stereocenters. The summed E-state index contributed by atoms with van der Waals surface area (Å²) < 4.78 is 4.96.